The van der Waals surface area contributed by atoms with Gasteiger partial charge in [-0.15, -0.1) is 0 Å². The number of rotatable bonds is 6. The Morgan fingerprint density at radius 2 is 0.897 bits per heavy atom. The standard InChI is InChI=1S/3C6H4NO2.Gd.H2P/c3*8-6(9)5-3-1-2-4-7-5;;/h3*1-3H,(H,8,9);;1H2/q;;;+1;-1. The summed E-state index contributed by atoms with van der Waals surface area (Å²) in [7, 11) is 0. The van der Waals surface area contributed by atoms with Gasteiger partial charge in [0.2, 0.25) is 0 Å². The summed E-state index contributed by atoms with van der Waals surface area (Å²) in [5.74, 6) is -3.66. The average Bonchev–Trinajstić information content (AvgIpc) is 2.73. The molecule has 0 aliphatic carbocycles. The summed E-state index contributed by atoms with van der Waals surface area (Å²) in [6, 6.07) is 13.4. The fraction of sp³-hybridized carbons (Fsp3) is 0. The molecule has 0 saturated carbocycles. The first-order valence-electron chi connectivity index (χ1n) is 7.84. The van der Waals surface area contributed by atoms with Crippen LogP contribution in [0.3, 0.4) is 0 Å². The van der Waals surface area contributed by atoms with Crippen LogP contribution in [0.5, 0.6) is 0 Å². The van der Waals surface area contributed by atoms with Gasteiger partial charge in [-0.25, -0.2) is 0 Å². The van der Waals surface area contributed by atoms with E-state index in [2.05, 4.69) is 19.2 Å². The molecule has 0 fully saturated rings. The van der Waals surface area contributed by atoms with Crippen LogP contribution in [0.2, 0.25) is 0 Å². The zero-order chi connectivity index (χ0) is 21.2. The van der Waals surface area contributed by atoms with Crippen molar-refractivity contribution in [3.63, 3.8) is 0 Å². The maximum atomic E-state index is 11.4. The van der Waals surface area contributed by atoms with Crippen molar-refractivity contribution in [1.82, 2.24) is 15.0 Å². The second-order valence-electron chi connectivity index (χ2n) is 5.49. The third-order valence-electron chi connectivity index (χ3n) is 3.64. The zero-order valence-corrected chi connectivity index (χ0v) is 18.0. The second-order valence-corrected chi connectivity index (χ2v) is 17.2. The minimum absolute atomic E-state index is 0.189. The van der Waals surface area contributed by atoms with Gasteiger partial charge in [-0.1, -0.05) is 0 Å². The van der Waals surface area contributed by atoms with Gasteiger partial charge in [0.15, 0.2) is 0 Å². The molecule has 1 unspecified atom stereocenters. The van der Waals surface area contributed by atoms with Crippen LogP contribution in [0.25, 0.3) is 0 Å². The fourth-order valence-electron chi connectivity index (χ4n) is 2.31. The first kappa shape index (κ1) is 21.3. The molecule has 0 bridgehead atoms. The van der Waals surface area contributed by atoms with E-state index in [0.717, 1.165) is 0 Å². The van der Waals surface area contributed by atoms with Crippen LogP contribution in [-0.2, 0) is 0 Å². The van der Waals surface area contributed by atoms with E-state index >= 15 is 0 Å². The first-order chi connectivity index (χ1) is 13.7. The Balaban J connectivity index is 2.32. The average molecular weight is 557 g/mol. The van der Waals surface area contributed by atoms with Crippen LogP contribution in [-0.4, -0.2) is 48.2 Å². The quantitative estimate of drug-likeness (QED) is 0.362. The molecule has 0 radical (unpaired) electrons. The number of pyridine rings is 3. The van der Waals surface area contributed by atoms with Gasteiger partial charge in [-0.2, -0.15) is 0 Å². The predicted octanol–water partition coefficient (Wildman–Crippen LogP) is 0.189. The number of nitrogens with zero attached hydrogens (tertiary/aromatic N) is 3. The molecule has 0 aliphatic rings. The van der Waals surface area contributed by atoms with E-state index in [0.29, 0.717) is 4.42 Å². The summed E-state index contributed by atoms with van der Waals surface area (Å²) in [4.78, 5) is 46.9. The van der Waals surface area contributed by atoms with Crippen molar-refractivity contribution in [1.29, 1.82) is 0 Å². The Morgan fingerprint density at radius 1 is 0.621 bits per heavy atom. The summed E-state index contributed by atoms with van der Waals surface area (Å²) in [5, 5.41) is 27.9. The Hall–Kier alpha value is -2.39. The van der Waals surface area contributed by atoms with Crippen molar-refractivity contribution in [3.8, 4) is 0 Å². The molecule has 11 heteroatoms. The molecule has 3 N–H and O–H groups in total. The Labute approximate surface area is 172 Å². The predicted molar refractivity (Wildman–Crippen MR) is 102 cm³/mol. The number of hydrogen-bond acceptors (Lipinski definition) is 6. The van der Waals surface area contributed by atoms with E-state index in [-0.39, 0.29) is 17.1 Å². The van der Waals surface area contributed by atoms with Crippen molar-refractivity contribution in [2.45, 2.75) is 0 Å². The van der Waals surface area contributed by atoms with Crippen molar-refractivity contribution in [2.24, 2.45) is 0 Å². The molecule has 3 rings (SSSR count). The monoisotopic (exact) mass is 557 g/mol. The SMILES string of the molecule is O=C(O)c1ccc[c]([Gd]([PH2])([c]2cccc(C(=O)O)n2)[c]2cccc(C(=O)O)n2)n1. The molecule has 3 aromatic rings. The number of aromatic nitrogens is 3. The van der Waals surface area contributed by atoms with Crippen LogP contribution in [0.15, 0.2) is 54.6 Å². The second kappa shape index (κ2) is 8.55. The van der Waals surface area contributed by atoms with E-state index in [1.165, 1.54) is 36.4 Å². The van der Waals surface area contributed by atoms with Crippen LogP contribution in [0.1, 0.15) is 31.5 Å². The van der Waals surface area contributed by atoms with Gasteiger partial charge in [0.1, 0.15) is 0 Å². The molecule has 150 valence electrons. The fourth-order valence-corrected chi connectivity index (χ4v) is 11.1. The third kappa shape index (κ3) is 4.30. The molecule has 0 aliphatic heterocycles. The zero-order valence-electron chi connectivity index (χ0n) is 14.5. The molecular weight excluding hydrogens is 542 g/mol. The third-order valence-corrected chi connectivity index (χ3v) is 15.7. The van der Waals surface area contributed by atoms with Crippen molar-refractivity contribution >= 4 is 26.6 Å². The Morgan fingerprint density at radius 3 is 1.14 bits per heavy atom. The van der Waals surface area contributed by atoms with E-state index in [1.54, 1.807) is 18.2 Å². The molecule has 3 heterocycles. The van der Waals surface area contributed by atoms with Crippen LogP contribution < -0.4 is 4.42 Å². The molecule has 0 amide bonds. The van der Waals surface area contributed by atoms with Crippen LogP contribution in [0.4, 0.5) is 0 Å². The van der Waals surface area contributed by atoms with Gasteiger partial charge in [0.25, 0.3) is 0 Å². The molecule has 0 saturated heterocycles. The van der Waals surface area contributed by atoms with E-state index in [9.17, 15) is 29.7 Å². The van der Waals surface area contributed by atoms with Crippen molar-refractivity contribution in [2.75, 3.05) is 0 Å². The number of hydrogen-bond donors (Lipinski definition) is 3. The van der Waals surface area contributed by atoms with Gasteiger partial charge in [-0.05, 0) is 0 Å². The van der Waals surface area contributed by atoms with Crippen LogP contribution in [0, 0.1) is 31.1 Å². The van der Waals surface area contributed by atoms with Gasteiger partial charge >= 0.3 is 174 Å². The number of carboxylic acid groups (broad SMARTS) is 3. The summed E-state index contributed by atoms with van der Waals surface area (Å²) in [5.41, 5.74) is -0.568. The molecule has 0 aromatic carbocycles. The van der Waals surface area contributed by atoms with Crippen molar-refractivity contribution in [3.05, 3.63) is 71.7 Å². The summed E-state index contributed by atoms with van der Waals surface area (Å²) >= 11 is -4.08. The molecule has 29 heavy (non-hydrogen) atoms. The topological polar surface area (TPSA) is 151 Å². The summed E-state index contributed by atoms with van der Waals surface area (Å²) in [6.07, 6.45) is 0. The summed E-state index contributed by atoms with van der Waals surface area (Å²) in [6.45, 7) is 0. The molecule has 1 atom stereocenters. The number of aromatic carboxylic acids is 3. The molecule has 3 aromatic heterocycles. The number of carboxylic acids is 3. The van der Waals surface area contributed by atoms with E-state index in [4.69, 9.17) is 0 Å². The molecular formula is C18H14GdN3O6P. The van der Waals surface area contributed by atoms with Crippen molar-refractivity contribution < 1.29 is 60.8 Å². The van der Waals surface area contributed by atoms with E-state index in [1.807, 2.05) is 0 Å². The Bertz CT molecular complexity index is 1000. The maximum absolute atomic E-state index is 11.4. The van der Waals surface area contributed by atoms with Gasteiger partial charge in [-0.3, -0.25) is 0 Å². The summed E-state index contributed by atoms with van der Waals surface area (Å²) < 4.78 is 3.80. The van der Waals surface area contributed by atoms with Gasteiger partial charge in [0, 0.05) is 0 Å². The Kier molecular flexibility index (Phi) is 6.28. The molecule has 0 spiro atoms. The van der Waals surface area contributed by atoms with E-state index < -0.39 is 49.0 Å². The number of carbonyl (C=O) groups is 3. The normalized spacial score (nSPS) is 11.6. The first-order valence-corrected chi connectivity index (χ1v) is 15.6. The molecule has 9 nitrogen and oxygen atoms in total. The van der Waals surface area contributed by atoms with Gasteiger partial charge in [0.05, 0.1) is 0 Å². The van der Waals surface area contributed by atoms with Gasteiger partial charge < -0.3 is 0 Å². The minimum atomic E-state index is -4.08. The van der Waals surface area contributed by atoms with Crippen LogP contribution >= 0.6 is 4.28 Å².